The molecule has 1 aromatic carbocycles. The molecule has 2 rings (SSSR count). The van der Waals surface area contributed by atoms with Gasteiger partial charge in [0.25, 0.3) is 5.91 Å². The van der Waals surface area contributed by atoms with Gasteiger partial charge in [-0.25, -0.2) is 0 Å². The van der Waals surface area contributed by atoms with Crippen molar-refractivity contribution in [2.45, 2.75) is 0 Å². The van der Waals surface area contributed by atoms with E-state index in [1.165, 1.54) is 7.11 Å². The first-order valence-electron chi connectivity index (χ1n) is 6.46. The number of hydrogen-bond donors (Lipinski definition) is 1. The predicted molar refractivity (Wildman–Crippen MR) is 75.3 cm³/mol. The zero-order valence-electron chi connectivity index (χ0n) is 11.3. The van der Waals surface area contributed by atoms with E-state index in [0.717, 1.165) is 0 Å². The lowest BCUT2D eigenvalue weighted by Crippen LogP contribution is -2.36. The molecule has 1 fully saturated rings. The first-order chi connectivity index (χ1) is 9.63. The van der Waals surface area contributed by atoms with Crippen molar-refractivity contribution in [3.8, 4) is 5.75 Å². The molecule has 6 heteroatoms. The maximum absolute atomic E-state index is 12.5. The average Bonchev–Trinajstić information content (AvgIpc) is 2.71. The molecule has 0 spiro atoms. The Morgan fingerprint density at radius 2 is 2.35 bits per heavy atom. The molecule has 0 aromatic heterocycles. The van der Waals surface area contributed by atoms with Crippen molar-refractivity contribution >= 4 is 17.5 Å². The van der Waals surface area contributed by atoms with Gasteiger partial charge in [0.15, 0.2) is 0 Å². The summed E-state index contributed by atoms with van der Waals surface area (Å²) in [5.41, 5.74) is 0.480. The van der Waals surface area contributed by atoms with E-state index in [4.69, 9.17) is 21.1 Å². The van der Waals surface area contributed by atoms with Gasteiger partial charge in [0.2, 0.25) is 0 Å². The van der Waals surface area contributed by atoms with Crippen molar-refractivity contribution in [2.75, 3.05) is 40.0 Å². The molecule has 0 aliphatic carbocycles. The molecule has 1 heterocycles. The van der Waals surface area contributed by atoms with Crippen LogP contribution in [-0.2, 0) is 4.74 Å². The van der Waals surface area contributed by atoms with Crippen LogP contribution in [0, 0.1) is 5.92 Å². The normalized spacial score (nSPS) is 19.6. The number of halogens is 1. The molecule has 1 saturated heterocycles. The number of carbonyl (C=O) groups excluding carboxylic acids is 1. The van der Waals surface area contributed by atoms with Gasteiger partial charge < -0.3 is 19.5 Å². The molecule has 1 unspecified atom stereocenters. The van der Waals surface area contributed by atoms with Gasteiger partial charge in [-0.15, -0.1) is 0 Å². The van der Waals surface area contributed by atoms with E-state index >= 15 is 0 Å². The van der Waals surface area contributed by atoms with Crippen LogP contribution in [0.4, 0.5) is 0 Å². The molecule has 1 N–H and O–H groups in total. The Morgan fingerprint density at radius 1 is 1.55 bits per heavy atom. The zero-order chi connectivity index (χ0) is 14.5. The first-order valence-corrected chi connectivity index (χ1v) is 6.84. The third-order valence-electron chi connectivity index (χ3n) is 3.24. The molecule has 1 aliphatic rings. The zero-order valence-corrected chi connectivity index (χ0v) is 12.1. The Bertz CT molecular complexity index is 480. The van der Waals surface area contributed by atoms with Crippen LogP contribution in [-0.4, -0.2) is 55.9 Å². The second kappa shape index (κ2) is 6.92. The number of ether oxygens (including phenoxy) is 2. The van der Waals surface area contributed by atoms with Crippen molar-refractivity contribution in [3.05, 3.63) is 28.8 Å². The molecular formula is C14H18ClNO4. The molecule has 0 saturated carbocycles. The standard InChI is InChI=1S/C14H18ClNO4/c1-19-13-5-11(4-12(15)6-13)14(18)16-2-3-20-9-10(7-16)8-17/h4-6,10,17H,2-3,7-9H2,1H3. The molecule has 5 nitrogen and oxygen atoms in total. The summed E-state index contributed by atoms with van der Waals surface area (Å²) in [6.07, 6.45) is 0. The largest absolute Gasteiger partial charge is 0.497 e. The van der Waals surface area contributed by atoms with Crippen LogP contribution in [0.2, 0.25) is 5.02 Å². The van der Waals surface area contributed by atoms with Gasteiger partial charge in [-0.2, -0.15) is 0 Å². The number of benzene rings is 1. The van der Waals surface area contributed by atoms with Crippen LogP contribution in [0.25, 0.3) is 0 Å². The van der Waals surface area contributed by atoms with Crippen LogP contribution < -0.4 is 4.74 Å². The minimum Gasteiger partial charge on any atom is -0.497 e. The monoisotopic (exact) mass is 299 g/mol. The summed E-state index contributed by atoms with van der Waals surface area (Å²) in [6.45, 7) is 1.93. The van der Waals surface area contributed by atoms with Crippen molar-refractivity contribution < 1.29 is 19.4 Å². The number of nitrogens with zero attached hydrogens (tertiary/aromatic N) is 1. The number of amides is 1. The molecule has 1 aromatic rings. The molecule has 0 radical (unpaired) electrons. The molecule has 1 aliphatic heterocycles. The van der Waals surface area contributed by atoms with E-state index in [9.17, 15) is 9.90 Å². The molecule has 0 bridgehead atoms. The third kappa shape index (κ3) is 3.62. The fraction of sp³-hybridized carbons (Fsp3) is 0.500. The number of aliphatic hydroxyl groups is 1. The number of carbonyl (C=O) groups is 1. The topological polar surface area (TPSA) is 59.0 Å². The van der Waals surface area contributed by atoms with Crippen LogP contribution in [0.3, 0.4) is 0 Å². The smallest absolute Gasteiger partial charge is 0.254 e. The SMILES string of the molecule is COc1cc(Cl)cc(C(=O)N2CCOCC(CO)C2)c1. The summed E-state index contributed by atoms with van der Waals surface area (Å²) in [6, 6.07) is 4.93. The van der Waals surface area contributed by atoms with Crippen LogP contribution in [0.15, 0.2) is 18.2 Å². The summed E-state index contributed by atoms with van der Waals surface area (Å²) in [4.78, 5) is 14.2. The fourth-order valence-electron chi connectivity index (χ4n) is 2.16. The molecule has 110 valence electrons. The van der Waals surface area contributed by atoms with E-state index in [1.54, 1.807) is 23.1 Å². The second-order valence-electron chi connectivity index (χ2n) is 4.75. The van der Waals surface area contributed by atoms with Gasteiger partial charge in [0.1, 0.15) is 5.75 Å². The molecule has 1 atom stereocenters. The first kappa shape index (κ1) is 15.1. The summed E-state index contributed by atoms with van der Waals surface area (Å²) < 4.78 is 10.5. The lowest BCUT2D eigenvalue weighted by atomic mass is 10.1. The summed E-state index contributed by atoms with van der Waals surface area (Å²) >= 11 is 5.98. The Balaban J connectivity index is 2.18. The van der Waals surface area contributed by atoms with Crippen molar-refractivity contribution in [3.63, 3.8) is 0 Å². The fourth-order valence-corrected chi connectivity index (χ4v) is 2.39. The van der Waals surface area contributed by atoms with Gasteiger partial charge in [0, 0.05) is 36.2 Å². The van der Waals surface area contributed by atoms with Crippen LogP contribution in [0.1, 0.15) is 10.4 Å². The second-order valence-corrected chi connectivity index (χ2v) is 5.19. The lowest BCUT2D eigenvalue weighted by Gasteiger charge is -2.23. The average molecular weight is 300 g/mol. The molecule has 20 heavy (non-hydrogen) atoms. The maximum atomic E-state index is 12.5. The maximum Gasteiger partial charge on any atom is 0.254 e. The highest BCUT2D eigenvalue weighted by Crippen LogP contribution is 2.22. The number of methoxy groups -OCH3 is 1. The number of hydrogen-bond acceptors (Lipinski definition) is 4. The highest BCUT2D eigenvalue weighted by molar-refractivity contribution is 6.31. The Hall–Kier alpha value is -1.30. The number of aliphatic hydroxyl groups excluding tert-OH is 1. The van der Waals surface area contributed by atoms with Gasteiger partial charge in [-0.05, 0) is 18.2 Å². The summed E-state index contributed by atoms with van der Waals surface area (Å²) in [5, 5.41) is 9.71. The Labute approximate surface area is 123 Å². The van der Waals surface area contributed by atoms with Crippen molar-refractivity contribution in [1.82, 2.24) is 4.90 Å². The quantitative estimate of drug-likeness (QED) is 0.917. The molecule has 1 amide bonds. The van der Waals surface area contributed by atoms with Gasteiger partial charge in [0.05, 0.1) is 20.3 Å². The molecular weight excluding hydrogens is 282 g/mol. The van der Waals surface area contributed by atoms with Crippen molar-refractivity contribution in [1.29, 1.82) is 0 Å². The van der Waals surface area contributed by atoms with Crippen LogP contribution in [0.5, 0.6) is 5.75 Å². The van der Waals surface area contributed by atoms with Gasteiger partial charge >= 0.3 is 0 Å². The predicted octanol–water partition coefficient (Wildman–Crippen LogP) is 1.43. The lowest BCUT2D eigenvalue weighted by molar-refractivity contribution is 0.0728. The van der Waals surface area contributed by atoms with Crippen molar-refractivity contribution in [2.24, 2.45) is 5.92 Å². The van der Waals surface area contributed by atoms with Gasteiger partial charge in [-0.1, -0.05) is 11.6 Å². The van der Waals surface area contributed by atoms with Gasteiger partial charge in [-0.3, -0.25) is 4.79 Å². The van der Waals surface area contributed by atoms with Crippen LogP contribution >= 0.6 is 11.6 Å². The van der Waals surface area contributed by atoms with E-state index in [-0.39, 0.29) is 18.4 Å². The van der Waals surface area contributed by atoms with E-state index < -0.39 is 0 Å². The number of rotatable bonds is 3. The highest BCUT2D eigenvalue weighted by atomic mass is 35.5. The Morgan fingerprint density at radius 3 is 3.05 bits per heavy atom. The van der Waals surface area contributed by atoms with E-state index in [0.29, 0.717) is 42.6 Å². The summed E-state index contributed by atoms with van der Waals surface area (Å²) in [7, 11) is 1.53. The van der Waals surface area contributed by atoms with E-state index in [1.807, 2.05) is 0 Å². The third-order valence-corrected chi connectivity index (χ3v) is 3.46. The minimum absolute atomic E-state index is 0.00263. The summed E-state index contributed by atoms with van der Waals surface area (Å²) in [5.74, 6) is 0.364. The van der Waals surface area contributed by atoms with E-state index in [2.05, 4.69) is 0 Å². The highest BCUT2D eigenvalue weighted by Gasteiger charge is 2.23. The minimum atomic E-state index is -0.130. The Kier molecular flexibility index (Phi) is 5.23.